The number of anilines is 1. The van der Waals surface area contributed by atoms with Gasteiger partial charge in [0, 0.05) is 31.9 Å². The lowest BCUT2D eigenvalue weighted by atomic mass is 10.4. The van der Waals surface area contributed by atoms with Crippen molar-refractivity contribution >= 4 is 5.95 Å². The second-order valence-corrected chi connectivity index (χ2v) is 3.86. The third-order valence-electron chi connectivity index (χ3n) is 2.33. The monoisotopic (exact) mass is 238 g/mol. The molecule has 0 aliphatic rings. The summed E-state index contributed by atoms with van der Waals surface area (Å²) in [5, 5.41) is 3.27. The number of ether oxygens (including phenoxy) is 1. The van der Waals surface area contributed by atoms with Crippen molar-refractivity contribution < 1.29 is 4.74 Å². The number of aromatic nitrogens is 2. The van der Waals surface area contributed by atoms with Crippen molar-refractivity contribution in [3.63, 3.8) is 0 Å². The van der Waals surface area contributed by atoms with Gasteiger partial charge in [0.25, 0.3) is 0 Å². The zero-order chi connectivity index (χ0) is 12.7. The summed E-state index contributed by atoms with van der Waals surface area (Å²) < 4.78 is 5.41. The Balaban J connectivity index is 2.67. The van der Waals surface area contributed by atoms with Crippen LogP contribution in [0.2, 0.25) is 0 Å². The van der Waals surface area contributed by atoms with E-state index in [-0.39, 0.29) is 0 Å². The highest BCUT2D eigenvalue weighted by atomic mass is 16.5. The normalized spacial score (nSPS) is 10.4. The largest absolute Gasteiger partial charge is 0.478 e. The molecule has 0 atom stereocenters. The number of aryl methyl sites for hydroxylation is 1. The van der Waals surface area contributed by atoms with Crippen molar-refractivity contribution in [2.24, 2.45) is 0 Å². The average molecular weight is 238 g/mol. The third-order valence-corrected chi connectivity index (χ3v) is 2.33. The van der Waals surface area contributed by atoms with Gasteiger partial charge in [-0.2, -0.15) is 4.98 Å². The van der Waals surface area contributed by atoms with E-state index < -0.39 is 0 Å². The molecule has 96 valence electrons. The Morgan fingerprint density at radius 3 is 2.76 bits per heavy atom. The second-order valence-electron chi connectivity index (χ2n) is 3.86. The number of likely N-dealkylation sites (N-methyl/N-ethyl adjacent to an activating group) is 2. The Morgan fingerprint density at radius 1 is 1.35 bits per heavy atom. The van der Waals surface area contributed by atoms with Gasteiger partial charge in [0.05, 0.1) is 6.61 Å². The summed E-state index contributed by atoms with van der Waals surface area (Å²) in [5.41, 5.74) is 0.925. The van der Waals surface area contributed by atoms with Gasteiger partial charge < -0.3 is 15.0 Å². The van der Waals surface area contributed by atoms with Crippen LogP contribution in [0.1, 0.15) is 19.5 Å². The van der Waals surface area contributed by atoms with E-state index in [0.717, 1.165) is 25.3 Å². The van der Waals surface area contributed by atoms with Crippen molar-refractivity contribution in [2.45, 2.75) is 20.8 Å². The summed E-state index contributed by atoms with van der Waals surface area (Å²) in [5.74, 6) is 1.36. The molecular formula is C12H22N4O. The van der Waals surface area contributed by atoms with Crippen molar-refractivity contribution in [2.75, 3.05) is 38.2 Å². The number of nitrogens with zero attached hydrogens (tertiary/aromatic N) is 3. The molecule has 0 aliphatic carbocycles. The van der Waals surface area contributed by atoms with Crippen molar-refractivity contribution in [1.82, 2.24) is 15.3 Å². The molecule has 0 amide bonds. The Bertz CT molecular complexity index is 343. The Kier molecular flexibility index (Phi) is 5.69. The SMILES string of the molecule is CCNCCN(C)c1nc(C)cc(OCC)n1. The molecule has 5 heteroatoms. The van der Waals surface area contributed by atoms with E-state index in [1.807, 2.05) is 31.9 Å². The molecule has 5 nitrogen and oxygen atoms in total. The van der Waals surface area contributed by atoms with E-state index in [2.05, 4.69) is 22.2 Å². The molecule has 1 rings (SSSR count). The fourth-order valence-corrected chi connectivity index (χ4v) is 1.44. The molecule has 0 saturated carbocycles. The molecule has 0 aromatic carbocycles. The van der Waals surface area contributed by atoms with Gasteiger partial charge in [-0.15, -0.1) is 0 Å². The van der Waals surface area contributed by atoms with Crippen LogP contribution < -0.4 is 15.0 Å². The lowest BCUT2D eigenvalue weighted by Gasteiger charge is -2.18. The van der Waals surface area contributed by atoms with E-state index >= 15 is 0 Å². The molecule has 0 fully saturated rings. The Labute approximate surface area is 103 Å². The predicted octanol–water partition coefficient (Wildman–Crippen LogP) is 1.23. The van der Waals surface area contributed by atoms with Gasteiger partial charge in [-0.1, -0.05) is 6.92 Å². The molecule has 0 saturated heterocycles. The minimum Gasteiger partial charge on any atom is -0.478 e. The first kappa shape index (κ1) is 13.7. The predicted molar refractivity (Wildman–Crippen MR) is 69.8 cm³/mol. The highest BCUT2D eigenvalue weighted by Gasteiger charge is 2.07. The number of hydrogen-bond donors (Lipinski definition) is 1. The average Bonchev–Trinajstić information content (AvgIpc) is 2.29. The molecule has 1 N–H and O–H groups in total. The summed E-state index contributed by atoms with van der Waals surface area (Å²) in [6.07, 6.45) is 0. The number of rotatable bonds is 7. The van der Waals surface area contributed by atoms with E-state index in [0.29, 0.717) is 18.4 Å². The summed E-state index contributed by atoms with van der Waals surface area (Å²) in [7, 11) is 1.99. The van der Waals surface area contributed by atoms with Gasteiger partial charge in [-0.25, -0.2) is 4.98 Å². The molecule has 0 aliphatic heterocycles. The lowest BCUT2D eigenvalue weighted by Crippen LogP contribution is -2.30. The second kappa shape index (κ2) is 7.06. The maximum Gasteiger partial charge on any atom is 0.228 e. The first-order valence-corrected chi connectivity index (χ1v) is 6.07. The van der Waals surface area contributed by atoms with Crippen molar-refractivity contribution in [3.8, 4) is 5.88 Å². The fraction of sp³-hybridized carbons (Fsp3) is 0.667. The summed E-state index contributed by atoms with van der Waals surface area (Å²) in [6, 6.07) is 1.85. The quantitative estimate of drug-likeness (QED) is 0.724. The van der Waals surface area contributed by atoms with E-state index in [4.69, 9.17) is 4.74 Å². The molecular weight excluding hydrogens is 216 g/mol. The summed E-state index contributed by atoms with van der Waals surface area (Å²) >= 11 is 0. The summed E-state index contributed by atoms with van der Waals surface area (Å²) in [4.78, 5) is 10.8. The Morgan fingerprint density at radius 2 is 2.12 bits per heavy atom. The highest BCUT2D eigenvalue weighted by molar-refractivity contribution is 5.33. The lowest BCUT2D eigenvalue weighted by molar-refractivity contribution is 0.326. The zero-order valence-corrected chi connectivity index (χ0v) is 11.2. The topological polar surface area (TPSA) is 50.3 Å². The molecule has 0 unspecified atom stereocenters. The molecule has 1 aromatic heterocycles. The van der Waals surface area contributed by atoms with E-state index in [9.17, 15) is 0 Å². The standard InChI is InChI=1S/C12H22N4O/c1-5-13-7-8-16(4)12-14-10(3)9-11(15-12)17-6-2/h9,13H,5-8H2,1-4H3. The van der Waals surface area contributed by atoms with Crippen LogP contribution in [0.3, 0.4) is 0 Å². The molecule has 0 bridgehead atoms. The van der Waals surface area contributed by atoms with E-state index in [1.54, 1.807) is 0 Å². The van der Waals surface area contributed by atoms with E-state index in [1.165, 1.54) is 0 Å². The van der Waals surface area contributed by atoms with Gasteiger partial charge in [0.2, 0.25) is 11.8 Å². The van der Waals surface area contributed by atoms with Crippen LogP contribution in [0, 0.1) is 6.92 Å². The van der Waals surface area contributed by atoms with Crippen LogP contribution in [0.15, 0.2) is 6.07 Å². The highest BCUT2D eigenvalue weighted by Crippen LogP contribution is 2.14. The molecule has 1 aromatic rings. The van der Waals surface area contributed by atoms with Gasteiger partial charge in [0.1, 0.15) is 0 Å². The minimum absolute atomic E-state index is 0.622. The zero-order valence-electron chi connectivity index (χ0n) is 11.2. The number of hydrogen-bond acceptors (Lipinski definition) is 5. The molecule has 17 heavy (non-hydrogen) atoms. The fourth-order valence-electron chi connectivity index (χ4n) is 1.44. The Hall–Kier alpha value is -1.36. The minimum atomic E-state index is 0.622. The summed E-state index contributed by atoms with van der Waals surface area (Å²) in [6.45, 7) is 9.40. The first-order chi connectivity index (χ1) is 8.17. The maximum absolute atomic E-state index is 5.41. The van der Waals surface area contributed by atoms with Crippen molar-refractivity contribution in [3.05, 3.63) is 11.8 Å². The van der Waals surface area contributed by atoms with Crippen LogP contribution in [-0.2, 0) is 0 Å². The molecule has 1 heterocycles. The van der Waals surface area contributed by atoms with Crippen LogP contribution >= 0.6 is 0 Å². The van der Waals surface area contributed by atoms with Crippen LogP contribution in [0.4, 0.5) is 5.95 Å². The number of nitrogens with one attached hydrogen (secondary N) is 1. The third kappa shape index (κ3) is 4.56. The smallest absolute Gasteiger partial charge is 0.228 e. The first-order valence-electron chi connectivity index (χ1n) is 6.07. The van der Waals surface area contributed by atoms with Crippen molar-refractivity contribution in [1.29, 1.82) is 0 Å². The van der Waals surface area contributed by atoms with Gasteiger partial charge in [-0.3, -0.25) is 0 Å². The maximum atomic E-state index is 5.41. The van der Waals surface area contributed by atoms with Gasteiger partial charge >= 0.3 is 0 Å². The van der Waals surface area contributed by atoms with Gasteiger partial charge in [-0.05, 0) is 20.4 Å². The molecule has 0 radical (unpaired) electrons. The van der Waals surface area contributed by atoms with Crippen LogP contribution in [0.5, 0.6) is 5.88 Å². The van der Waals surface area contributed by atoms with Gasteiger partial charge in [0.15, 0.2) is 0 Å². The molecule has 0 spiro atoms. The van der Waals surface area contributed by atoms with Crippen LogP contribution in [0.25, 0.3) is 0 Å². The van der Waals surface area contributed by atoms with Crippen LogP contribution in [-0.4, -0.2) is 43.3 Å².